The predicted molar refractivity (Wildman–Crippen MR) is 143 cm³/mol. The molecule has 1 aliphatic carbocycles. The van der Waals surface area contributed by atoms with Crippen molar-refractivity contribution in [1.82, 2.24) is 30.0 Å². The molecular formula is C29H27F3N6O2. The number of nitrogens with zero attached hydrogens (tertiary/aromatic N) is 4. The lowest BCUT2D eigenvalue weighted by Crippen LogP contribution is -2.48. The minimum Gasteiger partial charge on any atom is -0.388 e. The highest BCUT2D eigenvalue weighted by Gasteiger charge is 2.41. The number of halogens is 3. The maximum atomic E-state index is 13.8. The Kier molecular flexibility index (Phi) is 6.33. The maximum absolute atomic E-state index is 13.8. The molecule has 1 aliphatic rings. The van der Waals surface area contributed by atoms with Crippen LogP contribution in [0.15, 0.2) is 60.8 Å². The first kappa shape index (κ1) is 26.0. The Labute approximate surface area is 227 Å². The van der Waals surface area contributed by atoms with Crippen LogP contribution in [0.5, 0.6) is 0 Å². The number of pyridine rings is 1. The van der Waals surface area contributed by atoms with Crippen molar-refractivity contribution in [3.8, 4) is 11.3 Å². The normalized spacial score (nSPS) is 19.8. The van der Waals surface area contributed by atoms with Gasteiger partial charge in [0.2, 0.25) is 5.82 Å². The van der Waals surface area contributed by atoms with Gasteiger partial charge in [0, 0.05) is 34.4 Å². The van der Waals surface area contributed by atoms with E-state index in [1.807, 2.05) is 19.1 Å². The number of alkyl halides is 3. The number of carbonyl (C=O) groups is 1. The number of nitrogens with one attached hydrogen (secondary N) is 2. The third-order valence-electron chi connectivity index (χ3n) is 7.51. The van der Waals surface area contributed by atoms with Gasteiger partial charge in [-0.25, -0.2) is 4.98 Å². The Morgan fingerprint density at radius 2 is 2.02 bits per heavy atom. The molecule has 0 saturated heterocycles. The third-order valence-corrected chi connectivity index (χ3v) is 7.51. The number of aryl methyl sites for hydroxylation is 1. The Hall–Kier alpha value is -4.25. The summed E-state index contributed by atoms with van der Waals surface area (Å²) in [5.74, 6) is -1.36. The molecule has 2 atom stereocenters. The van der Waals surface area contributed by atoms with Crippen LogP contribution in [0.25, 0.3) is 33.2 Å². The summed E-state index contributed by atoms with van der Waals surface area (Å²) in [6.07, 6.45) is -1.35. The van der Waals surface area contributed by atoms with Crippen LogP contribution in [0.3, 0.4) is 0 Å². The minimum absolute atomic E-state index is 0.123. The van der Waals surface area contributed by atoms with Gasteiger partial charge >= 0.3 is 6.18 Å². The summed E-state index contributed by atoms with van der Waals surface area (Å²) in [6, 6.07) is 15.0. The molecule has 0 radical (unpaired) electrons. The molecule has 1 amide bonds. The lowest BCUT2D eigenvalue weighted by Gasteiger charge is -2.37. The van der Waals surface area contributed by atoms with Gasteiger partial charge < -0.3 is 15.0 Å². The quantitative estimate of drug-likeness (QED) is 0.272. The molecule has 2 aromatic carbocycles. The topological polar surface area (TPSA) is 109 Å². The van der Waals surface area contributed by atoms with Crippen molar-refractivity contribution in [2.24, 2.45) is 0 Å². The lowest BCUT2D eigenvalue weighted by molar-refractivity contribution is -0.148. The van der Waals surface area contributed by atoms with E-state index in [0.717, 1.165) is 26.7 Å². The largest absolute Gasteiger partial charge is 0.449 e. The zero-order valence-electron chi connectivity index (χ0n) is 21.7. The van der Waals surface area contributed by atoms with Gasteiger partial charge in [0.25, 0.3) is 5.91 Å². The molecule has 1 saturated carbocycles. The van der Waals surface area contributed by atoms with Crippen LogP contribution >= 0.6 is 0 Å². The number of hydrogen-bond acceptors (Lipinski definition) is 5. The number of aliphatic hydroxyl groups is 1. The summed E-state index contributed by atoms with van der Waals surface area (Å²) in [4.78, 5) is 21.3. The molecule has 5 aromatic rings. The molecule has 3 N–H and O–H groups in total. The van der Waals surface area contributed by atoms with Gasteiger partial charge in [0.1, 0.15) is 5.69 Å². The number of para-hydroxylation sites is 2. The molecule has 6 rings (SSSR count). The zero-order valence-corrected chi connectivity index (χ0v) is 21.7. The maximum Gasteiger partial charge on any atom is 0.449 e. The molecule has 40 heavy (non-hydrogen) atoms. The van der Waals surface area contributed by atoms with Crippen LogP contribution in [-0.4, -0.2) is 47.4 Å². The molecule has 3 heterocycles. The molecule has 1 fully saturated rings. The monoisotopic (exact) mass is 548 g/mol. The number of H-pyrrole nitrogens is 1. The zero-order chi connectivity index (χ0) is 28.1. The molecule has 8 nitrogen and oxygen atoms in total. The standard InChI is InChI=1S/C29H27F3N6O2/c1-17-13-18(10-12-33-17)25-21-14-19(8-9-22(21)36-37-25)26(39)34-20-5-4-11-28(40,15-20)16-38-24-7-3-2-6-23(24)35-27(38)29(30,31)32/h2-3,6-10,12-14,20,40H,4-5,11,15-16H2,1H3,(H,34,39)(H,36,37)/t20-,28+/m0/s1. The fourth-order valence-corrected chi connectivity index (χ4v) is 5.69. The van der Waals surface area contributed by atoms with E-state index in [2.05, 4.69) is 25.5 Å². The first-order valence-electron chi connectivity index (χ1n) is 13.1. The van der Waals surface area contributed by atoms with E-state index >= 15 is 0 Å². The van der Waals surface area contributed by atoms with Crippen molar-refractivity contribution < 1.29 is 23.1 Å². The number of fused-ring (bicyclic) bond motifs is 2. The van der Waals surface area contributed by atoms with E-state index in [1.165, 1.54) is 6.07 Å². The fraction of sp³-hybridized carbons (Fsp3) is 0.310. The van der Waals surface area contributed by atoms with E-state index in [0.29, 0.717) is 36.0 Å². The Morgan fingerprint density at radius 1 is 1.20 bits per heavy atom. The summed E-state index contributed by atoms with van der Waals surface area (Å²) < 4.78 is 42.5. The number of amides is 1. The Balaban J connectivity index is 1.22. The number of benzene rings is 2. The molecular weight excluding hydrogens is 521 g/mol. The summed E-state index contributed by atoms with van der Waals surface area (Å²) in [5, 5.41) is 22.6. The molecule has 0 bridgehead atoms. The van der Waals surface area contributed by atoms with Crippen LogP contribution in [0.4, 0.5) is 13.2 Å². The van der Waals surface area contributed by atoms with Gasteiger partial charge in [0.05, 0.1) is 28.7 Å². The number of rotatable bonds is 5. The number of aromatic nitrogens is 5. The summed E-state index contributed by atoms with van der Waals surface area (Å²) in [6.45, 7) is 1.62. The van der Waals surface area contributed by atoms with Gasteiger partial charge in [-0.15, -0.1) is 0 Å². The molecule has 11 heteroatoms. The predicted octanol–water partition coefficient (Wildman–Crippen LogP) is 5.41. The van der Waals surface area contributed by atoms with E-state index in [-0.39, 0.29) is 24.4 Å². The smallest absolute Gasteiger partial charge is 0.388 e. The van der Waals surface area contributed by atoms with Crippen LogP contribution in [0.1, 0.15) is 47.6 Å². The van der Waals surface area contributed by atoms with E-state index in [1.54, 1.807) is 42.6 Å². The van der Waals surface area contributed by atoms with E-state index in [4.69, 9.17) is 0 Å². The highest BCUT2D eigenvalue weighted by Crippen LogP contribution is 2.36. The number of aromatic amines is 1. The van der Waals surface area contributed by atoms with E-state index < -0.39 is 23.6 Å². The second-order valence-corrected chi connectivity index (χ2v) is 10.5. The Bertz CT molecular complexity index is 1730. The third kappa shape index (κ3) is 4.92. The van der Waals surface area contributed by atoms with Crippen LogP contribution in [-0.2, 0) is 12.7 Å². The highest BCUT2D eigenvalue weighted by molar-refractivity contribution is 6.01. The number of imidazole rings is 1. The second kappa shape index (κ2) is 9.74. The molecule has 0 spiro atoms. The molecule has 206 valence electrons. The average Bonchev–Trinajstić information content (AvgIpc) is 3.50. The van der Waals surface area contributed by atoms with Crippen molar-refractivity contribution in [3.05, 3.63) is 77.9 Å². The Morgan fingerprint density at radius 3 is 2.83 bits per heavy atom. The van der Waals surface area contributed by atoms with Gasteiger partial charge in [-0.2, -0.15) is 18.3 Å². The van der Waals surface area contributed by atoms with Crippen molar-refractivity contribution >= 4 is 27.8 Å². The van der Waals surface area contributed by atoms with Crippen molar-refractivity contribution in [2.75, 3.05) is 0 Å². The first-order valence-corrected chi connectivity index (χ1v) is 13.1. The highest BCUT2D eigenvalue weighted by atomic mass is 19.4. The first-order chi connectivity index (χ1) is 19.1. The SMILES string of the molecule is Cc1cc(-c2n[nH]c3ccc(C(=O)N[C@H]4CCC[C@](O)(Cn5c(C(F)(F)F)nc6ccccc65)C4)cc23)ccn1. The summed E-state index contributed by atoms with van der Waals surface area (Å²) >= 11 is 0. The van der Waals surface area contributed by atoms with Crippen LogP contribution < -0.4 is 5.32 Å². The van der Waals surface area contributed by atoms with Crippen LogP contribution in [0, 0.1) is 6.92 Å². The minimum atomic E-state index is -4.67. The second-order valence-electron chi connectivity index (χ2n) is 10.5. The number of carbonyl (C=O) groups excluding carboxylic acids is 1. The van der Waals surface area contributed by atoms with Crippen LogP contribution in [0.2, 0.25) is 0 Å². The van der Waals surface area contributed by atoms with Gasteiger partial charge in [-0.1, -0.05) is 12.1 Å². The molecule has 3 aromatic heterocycles. The fourth-order valence-electron chi connectivity index (χ4n) is 5.69. The summed E-state index contributed by atoms with van der Waals surface area (Å²) in [7, 11) is 0. The number of hydrogen-bond donors (Lipinski definition) is 3. The summed E-state index contributed by atoms with van der Waals surface area (Å²) in [5.41, 5.74) is 2.71. The van der Waals surface area contributed by atoms with Crippen molar-refractivity contribution in [3.63, 3.8) is 0 Å². The van der Waals surface area contributed by atoms with Gasteiger partial charge in [0.15, 0.2) is 0 Å². The average molecular weight is 549 g/mol. The van der Waals surface area contributed by atoms with Gasteiger partial charge in [-0.3, -0.25) is 14.9 Å². The molecule has 0 unspecified atom stereocenters. The van der Waals surface area contributed by atoms with Crippen molar-refractivity contribution in [2.45, 2.75) is 57.0 Å². The van der Waals surface area contributed by atoms with Gasteiger partial charge in [-0.05, 0) is 75.1 Å². The lowest BCUT2D eigenvalue weighted by atomic mass is 9.81. The molecule has 0 aliphatic heterocycles. The van der Waals surface area contributed by atoms with E-state index in [9.17, 15) is 23.1 Å². The van der Waals surface area contributed by atoms with Crippen molar-refractivity contribution in [1.29, 1.82) is 0 Å².